The molecular weight excluding hydrogens is 219 g/mol. The smallest absolute Gasteiger partial charge is 0.136 e. The Morgan fingerprint density at radius 1 is 1.19 bits per heavy atom. The minimum absolute atomic E-state index is 0.00130. The Hall–Kier alpha value is -0.880. The van der Waals surface area contributed by atoms with Gasteiger partial charge < -0.3 is 4.57 Å². The van der Waals surface area contributed by atoms with Gasteiger partial charge in [-0.3, -0.25) is 4.79 Å². The van der Waals surface area contributed by atoms with Gasteiger partial charge in [-0.05, 0) is 0 Å². The summed E-state index contributed by atoms with van der Waals surface area (Å²) in [5.74, 6) is 0.206. The van der Waals surface area contributed by atoms with Crippen LogP contribution in [0.4, 0.5) is 0 Å². The van der Waals surface area contributed by atoms with Crippen LogP contribution in [-0.4, -0.2) is 17.6 Å². The third-order valence-corrected chi connectivity index (χ3v) is 7.37. The Kier molecular flexibility index (Phi) is 3.03. The number of carbonyl (C=O) groups excluding carboxylic acids is 1. The van der Waals surface area contributed by atoms with E-state index in [1.807, 2.05) is 44.2 Å². The number of hydrogen-bond acceptors (Lipinski definition) is 2. The number of Topliss-reactive ketones (excluding diaryl/α,β-unsaturated/α-hetero) is 1. The van der Waals surface area contributed by atoms with Crippen LogP contribution in [0.2, 0.25) is 0 Å². The topological polar surface area (TPSA) is 34.1 Å². The normalized spacial score (nSPS) is 35.0. The molecule has 1 fully saturated rings. The van der Waals surface area contributed by atoms with Gasteiger partial charge in [0.1, 0.15) is 12.9 Å². The number of carbonyl (C=O) groups is 1. The van der Waals surface area contributed by atoms with Crippen LogP contribution in [0.1, 0.15) is 20.3 Å². The molecule has 2 rings (SSSR count). The van der Waals surface area contributed by atoms with Gasteiger partial charge in [-0.25, -0.2) is 0 Å². The molecule has 1 saturated heterocycles. The van der Waals surface area contributed by atoms with E-state index in [4.69, 9.17) is 0 Å². The van der Waals surface area contributed by atoms with Crippen LogP contribution in [0.5, 0.6) is 0 Å². The number of benzene rings is 1. The average molecular weight is 236 g/mol. The fourth-order valence-electron chi connectivity index (χ4n) is 2.37. The van der Waals surface area contributed by atoms with Crippen molar-refractivity contribution in [1.29, 1.82) is 0 Å². The summed E-state index contributed by atoms with van der Waals surface area (Å²) in [6.07, 6.45) is 1.00. The van der Waals surface area contributed by atoms with Gasteiger partial charge in [0.25, 0.3) is 0 Å². The molecule has 0 saturated carbocycles. The second-order valence-electron chi connectivity index (χ2n) is 4.73. The second kappa shape index (κ2) is 4.18. The summed E-state index contributed by atoms with van der Waals surface area (Å²) in [6, 6.07) is 9.63. The number of ketones is 1. The number of hydrogen-bond donors (Lipinski definition) is 0. The van der Waals surface area contributed by atoms with E-state index in [9.17, 15) is 9.36 Å². The maximum absolute atomic E-state index is 13.0. The van der Waals surface area contributed by atoms with Crippen molar-refractivity contribution < 1.29 is 9.36 Å². The molecule has 2 nitrogen and oxygen atoms in total. The molecule has 0 N–H and O–H groups in total. The predicted octanol–water partition coefficient (Wildman–Crippen LogP) is 2.67. The Morgan fingerprint density at radius 2 is 1.81 bits per heavy atom. The predicted molar refractivity (Wildman–Crippen MR) is 66.8 cm³/mol. The lowest BCUT2D eigenvalue weighted by Crippen LogP contribution is -2.32. The van der Waals surface area contributed by atoms with Crippen molar-refractivity contribution in [3.05, 3.63) is 30.3 Å². The summed E-state index contributed by atoms with van der Waals surface area (Å²) in [5, 5.41) is 0.932. The van der Waals surface area contributed by atoms with Crippen molar-refractivity contribution in [3.8, 4) is 0 Å². The fourth-order valence-corrected chi connectivity index (χ4v) is 5.62. The zero-order chi connectivity index (χ0) is 11.8. The lowest BCUT2D eigenvalue weighted by molar-refractivity contribution is -0.122. The average Bonchev–Trinajstić information content (AvgIpc) is 2.28. The Bertz CT molecular complexity index is 439. The minimum atomic E-state index is -2.37. The van der Waals surface area contributed by atoms with E-state index in [0.717, 1.165) is 5.30 Å². The third-order valence-electron chi connectivity index (χ3n) is 3.50. The van der Waals surface area contributed by atoms with Crippen molar-refractivity contribution in [3.63, 3.8) is 0 Å². The van der Waals surface area contributed by atoms with Gasteiger partial charge in [0.15, 0.2) is 0 Å². The Labute approximate surface area is 96.4 Å². The molecule has 1 heterocycles. The summed E-state index contributed by atoms with van der Waals surface area (Å²) in [6.45, 7) is 3.83. The van der Waals surface area contributed by atoms with E-state index in [1.54, 1.807) is 0 Å². The highest BCUT2D eigenvalue weighted by Crippen LogP contribution is 2.55. The van der Waals surface area contributed by atoms with Crippen LogP contribution >= 0.6 is 7.14 Å². The molecule has 0 bridgehead atoms. The molecule has 3 atom stereocenters. The SMILES string of the molecule is C[C@@H]1C[P@@](=O)(c2ccccc2)[C@H](C)CC1=O. The molecule has 3 heteroatoms. The molecule has 0 radical (unpaired) electrons. The van der Waals surface area contributed by atoms with E-state index in [2.05, 4.69) is 0 Å². The van der Waals surface area contributed by atoms with E-state index in [-0.39, 0.29) is 17.4 Å². The first-order valence-corrected chi connectivity index (χ1v) is 7.67. The van der Waals surface area contributed by atoms with Gasteiger partial charge in [0.2, 0.25) is 0 Å². The van der Waals surface area contributed by atoms with E-state index >= 15 is 0 Å². The molecule has 1 aliphatic heterocycles. The van der Waals surface area contributed by atoms with Crippen molar-refractivity contribution in [2.75, 3.05) is 6.16 Å². The lowest BCUT2D eigenvalue weighted by Gasteiger charge is -2.32. The first-order valence-electron chi connectivity index (χ1n) is 5.71. The minimum Gasteiger partial charge on any atom is -0.318 e. The molecule has 86 valence electrons. The third kappa shape index (κ3) is 1.87. The van der Waals surface area contributed by atoms with Crippen LogP contribution < -0.4 is 5.30 Å². The number of rotatable bonds is 1. The van der Waals surface area contributed by atoms with E-state index in [0.29, 0.717) is 12.6 Å². The first kappa shape index (κ1) is 11.6. The van der Waals surface area contributed by atoms with Crippen LogP contribution in [0.3, 0.4) is 0 Å². The highest BCUT2D eigenvalue weighted by Gasteiger charge is 2.40. The highest BCUT2D eigenvalue weighted by atomic mass is 31.2. The van der Waals surface area contributed by atoms with Crippen molar-refractivity contribution >= 4 is 18.2 Å². The van der Waals surface area contributed by atoms with Gasteiger partial charge in [-0.1, -0.05) is 44.2 Å². The monoisotopic (exact) mass is 236 g/mol. The zero-order valence-corrected chi connectivity index (χ0v) is 10.6. The molecule has 16 heavy (non-hydrogen) atoms. The summed E-state index contributed by atoms with van der Waals surface area (Å²) >= 11 is 0. The molecule has 0 amide bonds. The van der Waals surface area contributed by atoms with Crippen molar-refractivity contribution in [2.24, 2.45) is 5.92 Å². The second-order valence-corrected chi connectivity index (χ2v) is 8.09. The van der Waals surface area contributed by atoms with Crippen molar-refractivity contribution in [2.45, 2.75) is 25.9 Å². The van der Waals surface area contributed by atoms with E-state index in [1.165, 1.54) is 0 Å². The van der Waals surface area contributed by atoms with E-state index < -0.39 is 7.14 Å². The first-order chi connectivity index (χ1) is 7.54. The van der Waals surface area contributed by atoms with Crippen LogP contribution in [-0.2, 0) is 9.36 Å². The molecule has 0 spiro atoms. The largest absolute Gasteiger partial charge is 0.318 e. The van der Waals surface area contributed by atoms with Crippen molar-refractivity contribution in [1.82, 2.24) is 0 Å². The van der Waals surface area contributed by atoms with Gasteiger partial charge in [0.05, 0.1) is 0 Å². The summed E-state index contributed by atoms with van der Waals surface area (Å²) in [4.78, 5) is 11.6. The zero-order valence-electron chi connectivity index (χ0n) is 9.72. The molecule has 0 aromatic heterocycles. The molecular formula is C13H17O2P. The maximum Gasteiger partial charge on any atom is 0.136 e. The summed E-state index contributed by atoms with van der Waals surface area (Å²) in [5.41, 5.74) is -0.00130. The maximum atomic E-state index is 13.0. The Balaban J connectivity index is 2.38. The molecule has 1 aliphatic rings. The highest BCUT2D eigenvalue weighted by molar-refractivity contribution is 7.72. The fraction of sp³-hybridized carbons (Fsp3) is 0.462. The quantitative estimate of drug-likeness (QED) is 0.702. The molecule has 0 unspecified atom stereocenters. The summed E-state index contributed by atoms with van der Waals surface area (Å²) in [7, 11) is -2.37. The lowest BCUT2D eigenvalue weighted by atomic mass is 10.0. The van der Waals surface area contributed by atoms with Crippen LogP contribution in [0.25, 0.3) is 0 Å². The molecule has 1 aromatic carbocycles. The van der Waals surface area contributed by atoms with Gasteiger partial charge in [-0.2, -0.15) is 0 Å². The summed E-state index contributed by atoms with van der Waals surface area (Å²) < 4.78 is 13.0. The standard InChI is InChI=1S/C13H17O2P/c1-10-9-16(15,11(2)8-13(10)14)12-6-4-3-5-7-12/h3-7,10-11H,8-9H2,1-2H3/t10-,11-,16+/m1/s1. The van der Waals surface area contributed by atoms with Gasteiger partial charge in [0, 0.05) is 29.5 Å². The van der Waals surface area contributed by atoms with Crippen LogP contribution in [0.15, 0.2) is 30.3 Å². The molecule has 0 aliphatic carbocycles. The Morgan fingerprint density at radius 3 is 2.44 bits per heavy atom. The van der Waals surface area contributed by atoms with Gasteiger partial charge in [-0.15, -0.1) is 0 Å². The van der Waals surface area contributed by atoms with Crippen LogP contribution in [0, 0.1) is 5.92 Å². The molecule has 1 aromatic rings. The van der Waals surface area contributed by atoms with Gasteiger partial charge >= 0.3 is 0 Å².